The van der Waals surface area contributed by atoms with Crippen LogP contribution in [0.1, 0.15) is 5.82 Å². The van der Waals surface area contributed by atoms with E-state index in [0.717, 1.165) is 0 Å². The zero-order valence-electron chi connectivity index (χ0n) is 6.92. The van der Waals surface area contributed by atoms with E-state index in [9.17, 15) is 8.78 Å². The third kappa shape index (κ3) is 1.65. The Kier molecular flexibility index (Phi) is 2.07. The van der Waals surface area contributed by atoms with Crippen molar-refractivity contribution in [2.24, 2.45) is 0 Å². The maximum Gasteiger partial charge on any atom is 0.381 e. The van der Waals surface area contributed by atoms with Crippen LogP contribution in [0.5, 0.6) is 0 Å². The number of fused-ring (bicyclic) bond motifs is 1. The molecule has 2 aromatic rings. The molecule has 14 heavy (non-hydrogen) atoms. The van der Waals surface area contributed by atoms with Crippen molar-refractivity contribution in [3.8, 4) is 0 Å². The Morgan fingerprint density at radius 1 is 1.21 bits per heavy atom. The largest absolute Gasteiger partial charge is 0.381 e. The van der Waals surface area contributed by atoms with Crippen LogP contribution in [0.2, 0.25) is 0 Å². The number of rotatable bonds is 1. The summed E-state index contributed by atoms with van der Waals surface area (Å²) < 4.78 is 25.2. The van der Waals surface area contributed by atoms with Crippen molar-refractivity contribution in [1.29, 1.82) is 0 Å². The van der Waals surface area contributed by atoms with Crippen LogP contribution in [0.15, 0.2) is 30.5 Å². The molecule has 0 saturated carbocycles. The number of nitrogens with zero attached hydrogens (tertiary/aromatic N) is 2. The fourth-order valence-corrected chi connectivity index (χ4v) is 1.20. The van der Waals surface area contributed by atoms with Crippen molar-refractivity contribution >= 4 is 22.5 Å². The van der Waals surface area contributed by atoms with Crippen molar-refractivity contribution in [3.05, 3.63) is 36.3 Å². The zero-order chi connectivity index (χ0) is 10.2. The van der Waals surface area contributed by atoms with Crippen LogP contribution in [0.25, 0.3) is 10.9 Å². The van der Waals surface area contributed by atoms with Crippen molar-refractivity contribution in [1.82, 2.24) is 9.97 Å². The Balaban J connectivity index is 2.63. The van der Waals surface area contributed by atoms with Gasteiger partial charge in [-0.1, -0.05) is 18.2 Å². The minimum absolute atomic E-state index is 0.456. The van der Waals surface area contributed by atoms with Gasteiger partial charge in [-0.3, -0.25) is 0 Å². The molecule has 0 unspecified atom stereocenters. The summed E-state index contributed by atoms with van der Waals surface area (Å²) in [5, 5.41) is -2.80. The van der Waals surface area contributed by atoms with Gasteiger partial charge in [0.05, 0.1) is 5.52 Å². The number of aromatic nitrogens is 2. The van der Waals surface area contributed by atoms with Gasteiger partial charge >= 0.3 is 5.38 Å². The Hall–Kier alpha value is -1.29. The average Bonchev–Trinajstić information content (AvgIpc) is 2.16. The summed E-state index contributed by atoms with van der Waals surface area (Å²) in [6.07, 6.45) is 1.33. The molecule has 0 atom stereocenters. The molecule has 72 valence electrons. The number of hydrogen-bond donors (Lipinski definition) is 0. The van der Waals surface area contributed by atoms with E-state index < -0.39 is 11.2 Å². The van der Waals surface area contributed by atoms with Gasteiger partial charge in [-0.05, 0) is 17.7 Å². The van der Waals surface area contributed by atoms with Crippen LogP contribution in [0.3, 0.4) is 0 Å². The van der Waals surface area contributed by atoms with E-state index in [-0.39, 0.29) is 0 Å². The first-order chi connectivity index (χ1) is 6.57. The molecular formula is C9H5ClF2N2. The summed E-state index contributed by atoms with van der Waals surface area (Å²) in [7, 11) is 0. The summed E-state index contributed by atoms with van der Waals surface area (Å²) in [6.45, 7) is 0. The first kappa shape index (κ1) is 9.27. The number of alkyl halides is 3. The van der Waals surface area contributed by atoms with E-state index in [1.54, 1.807) is 24.3 Å². The van der Waals surface area contributed by atoms with Gasteiger partial charge < -0.3 is 0 Å². The highest BCUT2D eigenvalue weighted by Crippen LogP contribution is 2.29. The molecule has 0 aliphatic heterocycles. The van der Waals surface area contributed by atoms with Crippen LogP contribution < -0.4 is 0 Å². The van der Waals surface area contributed by atoms with E-state index in [0.29, 0.717) is 10.9 Å². The van der Waals surface area contributed by atoms with Crippen LogP contribution in [-0.4, -0.2) is 9.97 Å². The minimum Gasteiger partial charge on any atom is -0.234 e. The van der Waals surface area contributed by atoms with E-state index in [1.807, 2.05) is 0 Å². The topological polar surface area (TPSA) is 25.8 Å². The van der Waals surface area contributed by atoms with Crippen LogP contribution in [-0.2, 0) is 5.38 Å². The Bertz CT molecular complexity index is 468. The third-order valence-electron chi connectivity index (χ3n) is 1.74. The maximum absolute atomic E-state index is 12.6. The lowest BCUT2D eigenvalue weighted by Gasteiger charge is -2.06. The molecule has 0 bridgehead atoms. The average molecular weight is 215 g/mol. The number of benzene rings is 1. The van der Waals surface area contributed by atoms with Gasteiger partial charge in [0.25, 0.3) is 0 Å². The molecule has 2 rings (SSSR count). The summed E-state index contributed by atoms with van der Waals surface area (Å²) in [6, 6.07) is 6.87. The Morgan fingerprint density at radius 3 is 2.64 bits per heavy atom. The van der Waals surface area contributed by atoms with E-state index in [4.69, 9.17) is 11.6 Å². The molecule has 0 saturated heterocycles. The fourth-order valence-electron chi connectivity index (χ4n) is 1.11. The molecule has 0 N–H and O–H groups in total. The highest BCUT2D eigenvalue weighted by molar-refractivity contribution is 6.21. The third-order valence-corrected chi connectivity index (χ3v) is 1.91. The summed E-state index contributed by atoms with van der Waals surface area (Å²) in [5.74, 6) is -0.669. The molecule has 0 aliphatic rings. The minimum atomic E-state index is -3.51. The van der Waals surface area contributed by atoms with Crippen molar-refractivity contribution in [3.63, 3.8) is 0 Å². The first-order valence-corrected chi connectivity index (χ1v) is 4.24. The number of hydrogen-bond acceptors (Lipinski definition) is 2. The van der Waals surface area contributed by atoms with E-state index >= 15 is 0 Å². The van der Waals surface area contributed by atoms with Crippen molar-refractivity contribution < 1.29 is 8.78 Å². The van der Waals surface area contributed by atoms with Gasteiger partial charge in [-0.25, -0.2) is 9.97 Å². The van der Waals surface area contributed by atoms with Gasteiger partial charge in [0.1, 0.15) is 0 Å². The zero-order valence-corrected chi connectivity index (χ0v) is 7.67. The smallest absolute Gasteiger partial charge is 0.234 e. The lowest BCUT2D eigenvalue weighted by Crippen LogP contribution is -2.09. The van der Waals surface area contributed by atoms with Crippen LogP contribution in [0.4, 0.5) is 8.78 Å². The van der Waals surface area contributed by atoms with Gasteiger partial charge in [-0.15, -0.1) is 0 Å². The first-order valence-electron chi connectivity index (χ1n) is 3.86. The number of para-hydroxylation sites is 1. The predicted molar refractivity (Wildman–Crippen MR) is 49.3 cm³/mol. The predicted octanol–water partition coefficient (Wildman–Crippen LogP) is 2.92. The van der Waals surface area contributed by atoms with Crippen molar-refractivity contribution in [2.75, 3.05) is 0 Å². The molecule has 0 radical (unpaired) electrons. The highest BCUT2D eigenvalue weighted by Gasteiger charge is 2.31. The molecule has 5 heteroatoms. The standard InChI is InChI=1S/C9H5ClF2N2/c10-9(11,12)8-13-5-6-3-1-2-4-7(6)14-8/h1-5H. The SMILES string of the molecule is FC(F)(Cl)c1ncc2ccccc2n1. The quantitative estimate of drug-likeness (QED) is 0.682. The van der Waals surface area contributed by atoms with E-state index in [2.05, 4.69) is 9.97 Å². The van der Waals surface area contributed by atoms with Gasteiger partial charge in [0.15, 0.2) is 0 Å². The second-order valence-corrected chi connectivity index (χ2v) is 3.22. The van der Waals surface area contributed by atoms with Crippen molar-refractivity contribution in [2.45, 2.75) is 5.38 Å². The van der Waals surface area contributed by atoms with Crippen LogP contribution >= 0.6 is 11.6 Å². The van der Waals surface area contributed by atoms with Gasteiger partial charge in [0, 0.05) is 11.6 Å². The summed E-state index contributed by atoms with van der Waals surface area (Å²) in [5.41, 5.74) is 0.456. The molecular weight excluding hydrogens is 210 g/mol. The molecule has 0 spiro atoms. The second kappa shape index (κ2) is 3.13. The molecule has 1 aromatic carbocycles. The maximum atomic E-state index is 12.6. The lowest BCUT2D eigenvalue weighted by atomic mass is 10.2. The summed E-state index contributed by atoms with van der Waals surface area (Å²) in [4.78, 5) is 7.14. The highest BCUT2D eigenvalue weighted by atomic mass is 35.5. The van der Waals surface area contributed by atoms with Crippen LogP contribution in [0, 0.1) is 0 Å². The Labute approximate surface area is 83.6 Å². The molecule has 1 heterocycles. The van der Waals surface area contributed by atoms with E-state index in [1.165, 1.54) is 6.20 Å². The van der Waals surface area contributed by atoms with Gasteiger partial charge in [0.2, 0.25) is 5.82 Å². The Morgan fingerprint density at radius 2 is 1.93 bits per heavy atom. The normalized spacial score (nSPS) is 11.9. The van der Waals surface area contributed by atoms with Gasteiger partial charge in [-0.2, -0.15) is 8.78 Å². The molecule has 0 aliphatic carbocycles. The molecule has 1 aromatic heterocycles. The summed E-state index contributed by atoms with van der Waals surface area (Å²) >= 11 is 4.80. The lowest BCUT2D eigenvalue weighted by molar-refractivity contribution is 0.0849. The molecule has 0 fully saturated rings. The second-order valence-electron chi connectivity index (χ2n) is 2.75. The number of halogens is 3. The fraction of sp³-hybridized carbons (Fsp3) is 0.111. The monoisotopic (exact) mass is 214 g/mol. The molecule has 0 amide bonds. The molecule has 2 nitrogen and oxygen atoms in total.